The Morgan fingerprint density at radius 2 is 1.86 bits per heavy atom. The maximum absolute atomic E-state index is 9.78. The maximum Gasteiger partial charge on any atom is 0.102 e. The third-order valence-corrected chi connectivity index (χ3v) is 4.59. The van der Waals surface area contributed by atoms with Crippen LogP contribution < -0.4 is 11.6 Å². The van der Waals surface area contributed by atoms with Crippen LogP contribution >= 0.6 is 15.9 Å². The van der Waals surface area contributed by atoms with Gasteiger partial charge in [0.2, 0.25) is 0 Å². The first kappa shape index (κ1) is 26.5. The van der Waals surface area contributed by atoms with Crippen molar-refractivity contribution in [2.24, 2.45) is 17.0 Å². The molecule has 0 fully saturated rings. The minimum absolute atomic E-state index is 0.0686. The highest BCUT2D eigenvalue weighted by atomic mass is 79.9. The number of allylic oxidation sites excluding steroid dienone is 1. The van der Waals surface area contributed by atoms with Crippen LogP contribution in [0.15, 0.2) is 40.5 Å². The second-order valence-electron chi connectivity index (χ2n) is 8.20. The second kappa shape index (κ2) is 11.5. The lowest BCUT2D eigenvalue weighted by Gasteiger charge is -2.30. The third kappa shape index (κ3) is 9.64. The Kier molecular flexibility index (Phi) is 10.9. The van der Waals surface area contributed by atoms with Crippen molar-refractivity contribution in [3.63, 3.8) is 0 Å². The van der Waals surface area contributed by atoms with Crippen LogP contribution in [0.4, 0.5) is 0 Å². The smallest absolute Gasteiger partial charge is 0.102 e. The van der Waals surface area contributed by atoms with Crippen LogP contribution in [-0.4, -0.2) is 37.8 Å². The van der Waals surface area contributed by atoms with Crippen molar-refractivity contribution < 1.29 is 10.2 Å². The molecule has 1 rings (SSSR count). The predicted molar refractivity (Wildman–Crippen MR) is 118 cm³/mol. The summed E-state index contributed by atoms with van der Waals surface area (Å²) < 4.78 is 0.586. The zero-order valence-electron chi connectivity index (χ0n) is 18.1. The van der Waals surface area contributed by atoms with E-state index in [1.165, 1.54) is 0 Å². The molecule has 0 spiro atoms. The van der Waals surface area contributed by atoms with Crippen molar-refractivity contribution in [3.8, 4) is 0 Å². The topological polar surface area (TPSA) is 122 Å². The Hall–Kier alpha value is -1.48. The Morgan fingerprint density at radius 1 is 1.29 bits per heavy atom. The van der Waals surface area contributed by atoms with Crippen LogP contribution in [-0.2, 0) is 5.60 Å². The quantitative estimate of drug-likeness (QED) is 0.294. The van der Waals surface area contributed by atoms with Crippen molar-refractivity contribution >= 4 is 15.9 Å². The van der Waals surface area contributed by atoms with E-state index < -0.39 is 11.7 Å². The fourth-order valence-electron chi connectivity index (χ4n) is 2.17. The van der Waals surface area contributed by atoms with Gasteiger partial charge >= 0.3 is 0 Å². The number of aromatic nitrogens is 2. The van der Waals surface area contributed by atoms with E-state index in [1.54, 1.807) is 37.4 Å². The van der Waals surface area contributed by atoms with E-state index in [0.29, 0.717) is 28.8 Å². The molecule has 1 aromatic rings. The summed E-state index contributed by atoms with van der Waals surface area (Å²) >= 11 is 3.34. The van der Waals surface area contributed by atoms with Gasteiger partial charge in [-0.25, -0.2) is 5.84 Å². The molecule has 0 aliphatic carbocycles. The molecule has 1 unspecified atom stereocenters. The number of hydrazine groups is 1. The number of hydrogen-bond donors (Lipinski definition) is 4. The van der Waals surface area contributed by atoms with Crippen molar-refractivity contribution in [2.45, 2.75) is 66.6 Å². The number of hydrogen-bond acceptors (Lipinski definition) is 7. The summed E-state index contributed by atoms with van der Waals surface area (Å²) in [6.07, 6.45) is 6.55. The Balaban J connectivity index is 0.000000609. The van der Waals surface area contributed by atoms with Gasteiger partial charge in [-0.15, -0.1) is 0 Å². The lowest BCUT2D eigenvalue weighted by molar-refractivity contribution is 0.0734. The van der Waals surface area contributed by atoms with Gasteiger partial charge in [0.1, 0.15) is 5.60 Å². The van der Waals surface area contributed by atoms with E-state index in [9.17, 15) is 10.2 Å². The molecule has 0 saturated heterocycles. The molecule has 0 amide bonds. The van der Waals surface area contributed by atoms with Gasteiger partial charge in [-0.3, -0.25) is 9.97 Å². The highest BCUT2D eigenvalue weighted by Gasteiger charge is 2.20. The molecule has 0 aromatic carbocycles. The van der Waals surface area contributed by atoms with E-state index in [2.05, 4.69) is 46.7 Å². The van der Waals surface area contributed by atoms with Crippen LogP contribution in [0.2, 0.25) is 0 Å². The molecule has 1 aromatic heterocycles. The Morgan fingerprint density at radius 3 is 2.18 bits per heavy atom. The number of nitrogens with zero attached hydrogens (tertiary/aromatic N) is 3. The number of nitrogens with two attached hydrogens (primary N) is 2. The number of aliphatic hydroxyl groups is 2. The molecule has 0 radical (unpaired) electrons. The van der Waals surface area contributed by atoms with Gasteiger partial charge in [-0.1, -0.05) is 49.7 Å². The lowest BCUT2D eigenvalue weighted by Crippen LogP contribution is -2.39. The highest BCUT2D eigenvalue weighted by molar-refractivity contribution is 9.11. The Bertz CT molecular complexity index is 649. The van der Waals surface area contributed by atoms with Crippen molar-refractivity contribution in [3.05, 3.63) is 46.2 Å². The minimum Gasteiger partial charge on any atom is -0.396 e. The summed E-state index contributed by atoms with van der Waals surface area (Å²) in [5.74, 6) is 6.04. The molecule has 7 nitrogen and oxygen atoms in total. The molecule has 1 atom stereocenters. The van der Waals surface area contributed by atoms with Crippen LogP contribution in [0, 0.1) is 5.41 Å². The Labute approximate surface area is 177 Å². The van der Waals surface area contributed by atoms with Gasteiger partial charge < -0.3 is 21.0 Å². The van der Waals surface area contributed by atoms with Crippen LogP contribution in [0.5, 0.6) is 0 Å². The molecule has 0 aliphatic rings. The number of aliphatic hydroxyl groups excluding tert-OH is 1. The molecule has 0 aliphatic heterocycles. The molecule has 8 heteroatoms. The summed E-state index contributed by atoms with van der Waals surface area (Å²) in [5, 5.41) is 20.8. The van der Waals surface area contributed by atoms with Crippen molar-refractivity contribution in [1.82, 2.24) is 15.0 Å². The maximum atomic E-state index is 9.78. The predicted octanol–water partition coefficient (Wildman–Crippen LogP) is 3.15. The molecule has 0 bridgehead atoms. The largest absolute Gasteiger partial charge is 0.396 e. The minimum atomic E-state index is -0.881. The molecular weight excluding hydrogens is 422 g/mol. The van der Waals surface area contributed by atoms with Gasteiger partial charge in [0, 0.05) is 23.4 Å². The van der Waals surface area contributed by atoms with Gasteiger partial charge in [-0.2, -0.15) is 0 Å². The molecule has 6 N–H and O–H groups in total. The monoisotopic (exact) mass is 457 g/mol. The van der Waals surface area contributed by atoms with Gasteiger partial charge in [0.05, 0.1) is 29.4 Å². The summed E-state index contributed by atoms with van der Waals surface area (Å²) in [4.78, 5) is 7.77. The van der Waals surface area contributed by atoms with Gasteiger partial charge in [-0.05, 0) is 32.6 Å². The molecule has 0 saturated carbocycles. The summed E-state index contributed by atoms with van der Waals surface area (Å²) in [5.41, 5.74) is 7.04. The summed E-state index contributed by atoms with van der Waals surface area (Å²) in [6, 6.07) is 0. The zero-order valence-corrected chi connectivity index (χ0v) is 19.7. The summed E-state index contributed by atoms with van der Waals surface area (Å²) in [7, 11) is 0. The number of halogens is 1. The van der Waals surface area contributed by atoms with Crippen LogP contribution in [0.25, 0.3) is 0 Å². The van der Waals surface area contributed by atoms with E-state index >= 15 is 0 Å². The first-order valence-electron chi connectivity index (χ1n) is 9.25. The molecule has 160 valence electrons. The fourth-order valence-corrected chi connectivity index (χ4v) is 2.70. The van der Waals surface area contributed by atoms with Crippen molar-refractivity contribution in [1.29, 1.82) is 0 Å². The van der Waals surface area contributed by atoms with E-state index in [-0.39, 0.29) is 5.41 Å². The first-order chi connectivity index (χ1) is 12.7. The SMILES string of the molecule is C/C=C(\C(N)=C(\Br)C(O)CC)N(N)CC(C)(C)C.CC(C)(O)c1cnccn1. The highest BCUT2D eigenvalue weighted by Crippen LogP contribution is 2.24. The molecular formula is C20H36BrN5O2. The number of rotatable bonds is 6. The summed E-state index contributed by atoms with van der Waals surface area (Å²) in [6.45, 7) is 14.1. The average molecular weight is 458 g/mol. The molecule has 1 heterocycles. The van der Waals surface area contributed by atoms with Gasteiger partial charge in [0.25, 0.3) is 0 Å². The lowest BCUT2D eigenvalue weighted by atomic mass is 9.96. The standard InChI is InChI=1S/C13H26BrN3O.C7H10N2O/c1-6-9(17(16)8-13(3,4)5)12(15)11(14)10(18)7-2;1-7(2,10)6-5-8-3-4-9-6/h6,10,18H,7-8,15-16H2,1-5H3;3-5,10H,1-2H3/b9-6+,12-11-;. The van der Waals surface area contributed by atoms with Gasteiger partial charge in [0.15, 0.2) is 0 Å². The van der Waals surface area contributed by atoms with E-state index in [1.807, 2.05) is 19.9 Å². The molecule has 28 heavy (non-hydrogen) atoms. The zero-order chi connectivity index (χ0) is 22.1. The third-order valence-electron chi connectivity index (χ3n) is 3.63. The van der Waals surface area contributed by atoms with E-state index in [4.69, 9.17) is 11.6 Å². The van der Waals surface area contributed by atoms with Crippen LogP contribution in [0.1, 0.15) is 60.6 Å². The second-order valence-corrected chi connectivity index (χ2v) is 9.05. The van der Waals surface area contributed by atoms with E-state index in [0.717, 1.165) is 5.70 Å². The average Bonchev–Trinajstić information content (AvgIpc) is 2.60. The van der Waals surface area contributed by atoms with Crippen LogP contribution in [0.3, 0.4) is 0 Å². The fraction of sp³-hybridized carbons (Fsp3) is 0.600. The first-order valence-corrected chi connectivity index (χ1v) is 10.0. The normalized spacial score (nSPS) is 14.6. The van der Waals surface area contributed by atoms with Crippen molar-refractivity contribution in [2.75, 3.05) is 6.54 Å².